The smallest absolute Gasteiger partial charge is 0.329 e. The third-order valence-corrected chi connectivity index (χ3v) is 4.70. The topological polar surface area (TPSA) is 46.6 Å². The van der Waals surface area contributed by atoms with Crippen LogP contribution in [0.3, 0.4) is 0 Å². The van der Waals surface area contributed by atoms with Crippen molar-refractivity contribution in [1.82, 2.24) is 4.90 Å². The fourth-order valence-electron chi connectivity index (χ4n) is 2.53. The van der Waals surface area contributed by atoms with Crippen LogP contribution in [-0.2, 0) is 9.53 Å². The largest absolute Gasteiger partial charge is 0.467 e. The zero-order valence-electron chi connectivity index (χ0n) is 12.7. The van der Waals surface area contributed by atoms with E-state index in [0.29, 0.717) is 17.9 Å². The number of carbonyl (C=O) groups is 2. The van der Waals surface area contributed by atoms with Gasteiger partial charge in [-0.15, -0.1) is 0 Å². The van der Waals surface area contributed by atoms with Crippen LogP contribution in [0, 0.1) is 0 Å². The van der Waals surface area contributed by atoms with Crippen molar-refractivity contribution in [1.29, 1.82) is 0 Å². The Morgan fingerprint density at radius 2 is 2.05 bits per heavy atom. The molecule has 0 saturated carbocycles. The maximum absolute atomic E-state index is 12.9. The van der Waals surface area contributed by atoms with Crippen LogP contribution in [-0.4, -0.2) is 48.0 Å². The number of benzene rings is 1. The molecule has 21 heavy (non-hydrogen) atoms. The fraction of sp³-hybridized carbons (Fsp3) is 0.500. The van der Waals surface area contributed by atoms with Gasteiger partial charge < -0.3 is 9.64 Å². The van der Waals surface area contributed by atoms with Crippen LogP contribution in [0.4, 0.5) is 0 Å². The van der Waals surface area contributed by atoms with Crippen LogP contribution >= 0.6 is 11.8 Å². The van der Waals surface area contributed by atoms with Gasteiger partial charge in [-0.1, -0.05) is 32.0 Å². The Morgan fingerprint density at radius 3 is 2.71 bits per heavy atom. The molecule has 2 rings (SSSR count). The quantitative estimate of drug-likeness (QED) is 0.805. The molecule has 1 aromatic rings. The van der Waals surface area contributed by atoms with E-state index in [1.807, 2.05) is 24.3 Å². The molecule has 1 saturated heterocycles. The zero-order chi connectivity index (χ0) is 15.4. The summed E-state index contributed by atoms with van der Waals surface area (Å²) in [4.78, 5) is 26.4. The molecule has 1 unspecified atom stereocenters. The van der Waals surface area contributed by atoms with Crippen LogP contribution in [0.2, 0.25) is 0 Å². The van der Waals surface area contributed by atoms with E-state index in [1.54, 1.807) is 16.7 Å². The summed E-state index contributed by atoms with van der Waals surface area (Å²) in [6, 6.07) is 7.14. The van der Waals surface area contributed by atoms with Crippen LogP contribution < -0.4 is 0 Å². The van der Waals surface area contributed by atoms with Crippen LogP contribution in [0.15, 0.2) is 24.3 Å². The standard InChI is InChI=1S/C16H21NO3S/c1-11(2)12-6-4-5-7-13(12)15(18)17-8-9-21-10-14(17)16(19)20-3/h4-7,11,14H,8-10H2,1-3H3. The number of hydrogen-bond donors (Lipinski definition) is 0. The molecule has 1 atom stereocenters. The van der Waals surface area contributed by atoms with E-state index in [0.717, 1.165) is 11.3 Å². The zero-order valence-corrected chi connectivity index (χ0v) is 13.5. The molecule has 0 N–H and O–H groups in total. The minimum absolute atomic E-state index is 0.0741. The molecule has 4 nitrogen and oxygen atoms in total. The molecule has 1 aromatic carbocycles. The first kappa shape index (κ1) is 15.9. The highest BCUT2D eigenvalue weighted by Gasteiger charge is 2.34. The maximum Gasteiger partial charge on any atom is 0.329 e. The summed E-state index contributed by atoms with van der Waals surface area (Å²) in [5.41, 5.74) is 1.71. The predicted octanol–water partition coefficient (Wildman–Crippen LogP) is 2.54. The number of thioether (sulfide) groups is 1. The highest BCUT2D eigenvalue weighted by molar-refractivity contribution is 7.99. The van der Waals surface area contributed by atoms with Crippen molar-refractivity contribution in [3.63, 3.8) is 0 Å². The van der Waals surface area contributed by atoms with Gasteiger partial charge in [0, 0.05) is 23.6 Å². The Balaban J connectivity index is 2.31. The molecule has 1 fully saturated rings. The average Bonchev–Trinajstić information content (AvgIpc) is 2.53. The summed E-state index contributed by atoms with van der Waals surface area (Å²) in [5, 5.41) is 0. The Labute approximate surface area is 129 Å². The van der Waals surface area contributed by atoms with E-state index in [-0.39, 0.29) is 17.8 Å². The van der Waals surface area contributed by atoms with Gasteiger partial charge >= 0.3 is 5.97 Å². The number of nitrogens with zero attached hydrogens (tertiary/aromatic N) is 1. The Hall–Kier alpha value is -1.49. The monoisotopic (exact) mass is 307 g/mol. The number of ether oxygens (including phenoxy) is 1. The number of hydrogen-bond acceptors (Lipinski definition) is 4. The number of esters is 1. The molecule has 1 heterocycles. The van der Waals surface area contributed by atoms with Gasteiger partial charge in [-0.2, -0.15) is 11.8 Å². The Kier molecular flexibility index (Phi) is 5.28. The molecule has 0 spiro atoms. The fourth-order valence-corrected chi connectivity index (χ4v) is 3.56. The second kappa shape index (κ2) is 6.98. The number of rotatable bonds is 3. The predicted molar refractivity (Wildman–Crippen MR) is 84.7 cm³/mol. The number of amides is 1. The molecule has 114 valence electrons. The molecule has 1 aliphatic heterocycles. The second-order valence-electron chi connectivity index (χ2n) is 5.35. The number of methoxy groups -OCH3 is 1. The van der Waals surface area contributed by atoms with Gasteiger partial charge in [0.2, 0.25) is 0 Å². The van der Waals surface area contributed by atoms with Crippen molar-refractivity contribution in [2.45, 2.75) is 25.8 Å². The van der Waals surface area contributed by atoms with E-state index in [9.17, 15) is 9.59 Å². The van der Waals surface area contributed by atoms with Crippen molar-refractivity contribution in [3.8, 4) is 0 Å². The molecule has 1 aliphatic rings. The van der Waals surface area contributed by atoms with Crippen molar-refractivity contribution in [2.75, 3.05) is 25.2 Å². The lowest BCUT2D eigenvalue weighted by Gasteiger charge is -2.34. The lowest BCUT2D eigenvalue weighted by atomic mass is 9.96. The minimum atomic E-state index is -0.485. The minimum Gasteiger partial charge on any atom is -0.467 e. The third-order valence-electron chi connectivity index (χ3n) is 3.68. The van der Waals surface area contributed by atoms with Gasteiger partial charge in [0.15, 0.2) is 0 Å². The van der Waals surface area contributed by atoms with E-state index in [1.165, 1.54) is 7.11 Å². The summed E-state index contributed by atoms with van der Waals surface area (Å²) < 4.78 is 4.84. The summed E-state index contributed by atoms with van der Waals surface area (Å²) in [7, 11) is 1.37. The Morgan fingerprint density at radius 1 is 1.33 bits per heavy atom. The third kappa shape index (κ3) is 3.40. The van der Waals surface area contributed by atoms with E-state index < -0.39 is 6.04 Å². The highest BCUT2D eigenvalue weighted by atomic mass is 32.2. The van der Waals surface area contributed by atoms with Crippen molar-refractivity contribution in [3.05, 3.63) is 35.4 Å². The van der Waals surface area contributed by atoms with E-state index in [2.05, 4.69) is 13.8 Å². The molecule has 0 aromatic heterocycles. The van der Waals surface area contributed by atoms with Crippen molar-refractivity contribution >= 4 is 23.6 Å². The van der Waals surface area contributed by atoms with Gasteiger partial charge in [-0.25, -0.2) is 4.79 Å². The molecular weight excluding hydrogens is 286 g/mol. The van der Waals surface area contributed by atoms with Crippen molar-refractivity contribution in [2.24, 2.45) is 0 Å². The maximum atomic E-state index is 12.9. The van der Waals surface area contributed by atoms with Gasteiger partial charge in [0.25, 0.3) is 5.91 Å². The molecule has 0 bridgehead atoms. The van der Waals surface area contributed by atoms with Crippen molar-refractivity contribution < 1.29 is 14.3 Å². The van der Waals surface area contributed by atoms with Gasteiger partial charge in [0.05, 0.1) is 7.11 Å². The number of carbonyl (C=O) groups excluding carboxylic acids is 2. The summed E-state index contributed by atoms with van der Waals surface area (Å²) in [6.07, 6.45) is 0. The van der Waals surface area contributed by atoms with Crippen LogP contribution in [0.1, 0.15) is 35.7 Å². The van der Waals surface area contributed by atoms with Gasteiger partial charge in [0.1, 0.15) is 6.04 Å². The first-order chi connectivity index (χ1) is 10.1. The summed E-state index contributed by atoms with van der Waals surface area (Å²) in [5.74, 6) is 1.30. The Bertz CT molecular complexity index is 530. The molecule has 1 amide bonds. The molecule has 5 heteroatoms. The van der Waals surface area contributed by atoms with E-state index >= 15 is 0 Å². The SMILES string of the molecule is COC(=O)C1CSCCN1C(=O)c1ccccc1C(C)C. The van der Waals surface area contributed by atoms with Gasteiger partial charge in [-0.05, 0) is 17.5 Å². The highest BCUT2D eigenvalue weighted by Crippen LogP contribution is 2.24. The normalized spacial score (nSPS) is 18.7. The summed E-state index contributed by atoms with van der Waals surface area (Å²) in [6.45, 7) is 4.71. The molecule has 0 radical (unpaired) electrons. The summed E-state index contributed by atoms with van der Waals surface area (Å²) >= 11 is 1.68. The van der Waals surface area contributed by atoms with Crippen LogP contribution in [0.5, 0.6) is 0 Å². The first-order valence-electron chi connectivity index (χ1n) is 7.11. The van der Waals surface area contributed by atoms with Crippen LogP contribution in [0.25, 0.3) is 0 Å². The second-order valence-corrected chi connectivity index (χ2v) is 6.50. The average molecular weight is 307 g/mol. The lowest BCUT2D eigenvalue weighted by molar-refractivity contribution is -0.145. The molecule has 0 aliphatic carbocycles. The first-order valence-corrected chi connectivity index (χ1v) is 8.27. The molecular formula is C16H21NO3S. The lowest BCUT2D eigenvalue weighted by Crippen LogP contribution is -2.51. The van der Waals surface area contributed by atoms with Gasteiger partial charge in [-0.3, -0.25) is 4.79 Å². The van der Waals surface area contributed by atoms with E-state index in [4.69, 9.17) is 4.74 Å².